The molecule has 1 aliphatic rings. The number of rotatable bonds is 2. The Morgan fingerprint density at radius 3 is 2.48 bits per heavy atom. The van der Waals surface area contributed by atoms with E-state index in [4.69, 9.17) is 0 Å². The standard InChI is InChI=1S/C16H26N4O2S/c1-12(21)19-6-5-7-20(9-8-19)15(22)17-10-13-11-23-14(18-13)16(2,3)4/h11H,5-10H2,1-4H3,(H,17,22). The lowest BCUT2D eigenvalue weighted by atomic mass is 9.98. The van der Waals surface area contributed by atoms with Crippen LogP contribution in [0, 0.1) is 0 Å². The summed E-state index contributed by atoms with van der Waals surface area (Å²) in [6, 6.07) is -0.0827. The smallest absolute Gasteiger partial charge is 0.317 e. The van der Waals surface area contributed by atoms with E-state index in [0.29, 0.717) is 26.2 Å². The molecule has 7 heteroatoms. The van der Waals surface area contributed by atoms with Crippen molar-refractivity contribution in [3.63, 3.8) is 0 Å². The monoisotopic (exact) mass is 338 g/mol. The zero-order valence-electron chi connectivity index (χ0n) is 14.4. The average molecular weight is 338 g/mol. The van der Waals surface area contributed by atoms with Crippen molar-refractivity contribution in [3.05, 3.63) is 16.1 Å². The van der Waals surface area contributed by atoms with Crippen LogP contribution < -0.4 is 5.32 Å². The Hall–Kier alpha value is -1.63. The highest BCUT2D eigenvalue weighted by molar-refractivity contribution is 7.09. The first kappa shape index (κ1) is 17.7. The maximum Gasteiger partial charge on any atom is 0.317 e. The lowest BCUT2D eigenvalue weighted by molar-refractivity contribution is -0.128. The van der Waals surface area contributed by atoms with Gasteiger partial charge in [0.25, 0.3) is 0 Å². The van der Waals surface area contributed by atoms with E-state index in [2.05, 4.69) is 31.1 Å². The molecule has 1 aromatic heterocycles. The van der Waals surface area contributed by atoms with Gasteiger partial charge in [-0.05, 0) is 6.42 Å². The zero-order valence-corrected chi connectivity index (χ0v) is 15.2. The minimum atomic E-state index is -0.0827. The van der Waals surface area contributed by atoms with Gasteiger partial charge in [-0.2, -0.15) is 0 Å². The Morgan fingerprint density at radius 2 is 1.87 bits per heavy atom. The summed E-state index contributed by atoms with van der Waals surface area (Å²) in [5, 5.41) is 6.01. The van der Waals surface area contributed by atoms with E-state index >= 15 is 0 Å². The fourth-order valence-corrected chi connectivity index (χ4v) is 3.35. The predicted molar refractivity (Wildman–Crippen MR) is 91.5 cm³/mol. The first-order chi connectivity index (χ1) is 10.8. The minimum absolute atomic E-state index is 0.0356. The van der Waals surface area contributed by atoms with E-state index in [0.717, 1.165) is 23.7 Å². The number of carbonyl (C=O) groups excluding carboxylic acids is 2. The van der Waals surface area contributed by atoms with Gasteiger partial charge in [-0.3, -0.25) is 4.79 Å². The third-order valence-electron chi connectivity index (χ3n) is 3.84. The highest BCUT2D eigenvalue weighted by Gasteiger charge is 2.21. The van der Waals surface area contributed by atoms with E-state index in [9.17, 15) is 9.59 Å². The number of aromatic nitrogens is 1. The van der Waals surface area contributed by atoms with Crippen molar-refractivity contribution in [2.45, 2.75) is 46.1 Å². The van der Waals surface area contributed by atoms with Crippen LogP contribution in [0.4, 0.5) is 4.79 Å². The molecule has 0 saturated carbocycles. The molecule has 0 aliphatic carbocycles. The molecular formula is C16H26N4O2S. The van der Waals surface area contributed by atoms with Crippen LogP contribution in [-0.2, 0) is 16.8 Å². The van der Waals surface area contributed by atoms with E-state index in [1.54, 1.807) is 28.1 Å². The number of nitrogens with one attached hydrogen (secondary N) is 1. The number of hydrogen-bond acceptors (Lipinski definition) is 4. The molecule has 1 aliphatic heterocycles. The Labute approximate surface area is 141 Å². The molecule has 1 aromatic rings. The predicted octanol–water partition coefficient (Wildman–Crippen LogP) is 2.20. The van der Waals surface area contributed by atoms with Gasteiger partial charge < -0.3 is 15.1 Å². The molecule has 2 rings (SSSR count). The number of amides is 3. The number of nitrogens with zero attached hydrogens (tertiary/aromatic N) is 3. The summed E-state index contributed by atoms with van der Waals surface area (Å²) in [7, 11) is 0. The number of urea groups is 1. The van der Waals surface area contributed by atoms with Crippen molar-refractivity contribution in [3.8, 4) is 0 Å². The van der Waals surface area contributed by atoms with Crippen LogP contribution in [0.5, 0.6) is 0 Å². The Bertz CT molecular complexity index is 565. The van der Waals surface area contributed by atoms with Crippen molar-refractivity contribution >= 4 is 23.3 Å². The molecule has 0 unspecified atom stereocenters. The highest BCUT2D eigenvalue weighted by Crippen LogP contribution is 2.25. The van der Waals surface area contributed by atoms with Gasteiger partial charge in [0.15, 0.2) is 0 Å². The largest absolute Gasteiger partial charge is 0.341 e. The molecule has 1 N–H and O–H groups in total. The second-order valence-electron chi connectivity index (χ2n) is 6.90. The molecule has 0 radical (unpaired) electrons. The quantitative estimate of drug-likeness (QED) is 0.899. The van der Waals surface area contributed by atoms with Crippen LogP contribution in [0.3, 0.4) is 0 Å². The van der Waals surface area contributed by atoms with Crippen LogP contribution in [0.25, 0.3) is 0 Å². The van der Waals surface area contributed by atoms with Crippen LogP contribution in [0.2, 0.25) is 0 Å². The number of carbonyl (C=O) groups is 2. The van der Waals surface area contributed by atoms with Gasteiger partial charge >= 0.3 is 6.03 Å². The third-order valence-corrected chi connectivity index (χ3v) is 5.16. The molecule has 0 bridgehead atoms. The Kier molecular flexibility index (Phi) is 5.62. The summed E-state index contributed by atoms with van der Waals surface area (Å²) in [6.45, 7) is 11.0. The fourth-order valence-electron chi connectivity index (χ4n) is 2.45. The summed E-state index contributed by atoms with van der Waals surface area (Å²) in [6.07, 6.45) is 0.817. The molecule has 128 valence electrons. The molecular weight excluding hydrogens is 312 g/mol. The van der Waals surface area contributed by atoms with Gasteiger partial charge in [0, 0.05) is 43.9 Å². The fraction of sp³-hybridized carbons (Fsp3) is 0.688. The second kappa shape index (κ2) is 7.29. The lowest BCUT2D eigenvalue weighted by Crippen LogP contribution is -2.42. The third kappa shape index (κ3) is 4.92. The van der Waals surface area contributed by atoms with Crippen LogP contribution in [0.15, 0.2) is 5.38 Å². The Morgan fingerprint density at radius 1 is 1.22 bits per heavy atom. The average Bonchev–Trinajstić information content (AvgIpc) is 2.81. The molecule has 2 heterocycles. The zero-order chi connectivity index (χ0) is 17.0. The number of hydrogen-bond donors (Lipinski definition) is 1. The summed E-state index contributed by atoms with van der Waals surface area (Å²) in [5.41, 5.74) is 0.932. The van der Waals surface area contributed by atoms with Gasteiger partial charge in [0.05, 0.1) is 17.2 Å². The van der Waals surface area contributed by atoms with Gasteiger partial charge in [-0.1, -0.05) is 20.8 Å². The van der Waals surface area contributed by atoms with E-state index in [1.807, 2.05) is 5.38 Å². The van der Waals surface area contributed by atoms with Crippen LogP contribution in [0.1, 0.15) is 44.8 Å². The summed E-state index contributed by atoms with van der Waals surface area (Å²) >= 11 is 1.63. The highest BCUT2D eigenvalue weighted by atomic mass is 32.1. The summed E-state index contributed by atoms with van der Waals surface area (Å²) in [5.74, 6) is 0.0736. The van der Waals surface area contributed by atoms with Crippen molar-refractivity contribution in [2.75, 3.05) is 26.2 Å². The van der Waals surface area contributed by atoms with Crippen molar-refractivity contribution in [2.24, 2.45) is 0 Å². The molecule has 1 fully saturated rings. The maximum atomic E-state index is 12.3. The molecule has 0 atom stereocenters. The first-order valence-corrected chi connectivity index (χ1v) is 8.88. The SMILES string of the molecule is CC(=O)N1CCCN(C(=O)NCc2csc(C(C)(C)C)n2)CC1. The van der Waals surface area contributed by atoms with Gasteiger partial charge in [0.1, 0.15) is 0 Å². The van der Waals surface area contributed by atoms with Gasteiger partial charge in [-0.25, -0.2) is 9.78 Å². The van der Waals surface area contributed by atoms with Crippen LogP contribution in [-0.4, -0.2) is 52.9 Å². The lowest BCUT2D eigenvalue weighted by Gasteiger charge is -2.21. The molecule has 1 saturated heterocycles. The second-order valence-corrected chi connectivity index (χ2v) is 7.76. The van der Waals surface area contributed by atoms with Crippen molar-refractivity contribution in [1.82, 2.24) is 20.1 Å². The topological polar surface area (TPSA) is 65.5 Å². The number of thiazole rings is 1. The van der Waals surface area contributed by atoms with Gasteiger partial charge in [-0.15, -0.1) is 11.3 Å². The van der Waals surface area contributed by atoms with E-state index in [1.165, 1.54) is 0 Å². The molecule has 0 spiro atoms. The Balaban J connectivity index is 1.85. The molecule has 23 heavy (non-hydrogen) atoms. The first-order valence-electron chi connectivity index (χ1n) is 8.00. The van der Waals surface area contributed by atoms with Gasteiger partial charge in [0.2, 0.25) is 5.91 Å². The van der Waals surface area contributed by atoms with E-state index in [-0.39, 0.29) is 17.4 Å². The maximum absolute atomic E-state index is 12.3. The van der Waals surface area contributed by atoms with Crippen molar-refractivity contribution < 1.29 is 9.59 Å². The molecule has 0 aromatic carbocycles. The van der Waals surface area contributed by atoms with Crippen molar-refractivity contribution in [1.29, 1.82) is 0 Å². The molecule has 3 amide bonds. The molecule has 6 nitrogen and oxygen atoms in total. The normalized spacial score (nSPS) is 16.2. The van der Waals surface area contributed by atoms with Crippen LogP contribution >= 0.6 is 11.3 Å². The summed E-state index contributed by atoms with van der Waals surface area (Å²) < 4.78 is 0. The summed E-state index contributed by atoms with van der Waals surface area (Å²) in [4.78, 5) is 31.9. The minimum Gasteiger partial charge on any atom is -0.341 e. The van der Waals surface area contributed by atoms with E-state index < -0.39 is 0 Å².